The topological polar surface area (TPSA) is 53.1 Å². The van der Waals surface area contributed by atoms with Crippen molar-refractivity contribution in [2.75, 3.05) is 44.8 Å². The van der Waals surface area contributed by atoms with Gasteiger partial charge in [-0.25, -0.2) is 0 Å². The minimum Gasteiger partial charge on any atom is -0.378 e. The van der Waals surface area contributed by atoms with Gasteiger partial charge in [-0.05, 0) is 30.2 Å². The fraction of sp³-hybridized carbons (Fsp3) is 0.440. The van der Waals surface area contributed by atoms with Gasteiger partial charge in [-0.1, -0.05) is 42.5 Å². The van der Waals surface area contributed by atoms with Crippen molar-refractivity contribution >= 4 is 17.5 Å². The first-order valence-corrected chi connectivity index (χ1v) is 11.0. The number of hydrogen-bond acceptors (Lipinski definition) is 4. The van der Waals surface area contributed by atoms with Crippen molar-refractivity contribution in [1.29, 1.82) is 0 Å². The summed E-state index contributed by atoms with van der Waals surface area (Å²) in [7, 11) is 1.83. The van der Waals surface area contributed by atoms with Gasteiger partial charge >= 0.3 is 0 Å². The van der Waals surface area contributed by atoms with Crippen LogP contribution in [0.1, 0.15) is 30.5 Å². The second kappa shape index (κ2) is 9.52. The maximum absolute atomic E-state index is 13.0. The molecule has 2 aromatic carbocycles. The highest BCUT2D eigenvalue weighted by molar-refractivity contribution is 5.89. The highest BCUT2D eigenvalue weighted by Gasteiger charge is 2.38. The number of carbonyl (C=O) groups is 2. The minimum absolute atomic E-state index is 0.0236. The number of ether oxygens (including phenoxy) is 1. The summed E-state index contributed by atoms with van der Waals surface area (Å²) < 4.78 is 5.41. The molecular formula is C25H31N3O3. The van der Waals surface area contributed by atoms with Gasteiger partial charge in [0.25, 0.3) is 0 Å². The summed E-state index contributed by atoms with van der Waals surface area (Å²) >= 11 is 0. The van der Waals surface area contributed by atoms with E-state index in [4.69, 9.17) is 4.74 Å². The van der Waals surface area contributed by atoms with E-state index in [9.17, 15) is 9.59 Å². The minimum atomic E-state index is -0.281. The van der Waals surface area contributed by atoms with Gasteiger partial charge in [-0.15, -0.1) is 0 Å². The lowest BCUT2D eigenvalue weighted by molar-refractivity contribution is -0.135. The van der Waals surface area contributed by atoms with Gasteiger partial charge in [0.15, 0.2) is 0 Å². The van der Waals surface area contributed by atoms with Gasteiger partial charge in [0.1, 0.15) is 0 Å². The van der Waals surface area contributed by atoms with Crippen LogP contribution in [0.2, 0.25) is 0 Å². The van der Waals surface area contributed by atoms with Gasteiger partial charge in [-0.3, -0.25) is 9.59 Å². The predicted octanol–water partition coefficient (Wildman–Crippen LogP) is 3.09. The first-order chi connectivity index (χ1) is 15.0. The molecular weight excluding hydrogens is 390 g/mol. The molecule has 2 aliphatic heterocycles. The van der Waals surface area contributed by atoms with Crippen LogP contribution in [-0.2, 0) is 20.9 Å². The summed E-state index contributed by atoms with van der Waals surface area (Å²) in [6.07, 6.45) is 0.288. The Bertz CT molecular complexity index is 894. The normalized spacial score (nSPS) is 20.1. The molecule has 2 aliphatic rings. The van der Waals surface area contributed by atoms with Gasteiger partial charge in [0.2, 0.25) is 11.8 Å². The van der Waals surface area contributed by atoms with E-state index in [1.165, 1.54) is 5.69 Å². The maximum Gasteiger partial charge on any atom is 0.228 e. The Labute approximate surface area is 184 Å². The summed E-state index contributed by atoms with van der Waals surface area (Å²) in [4.78, 5) is 31.6. The number of benzene rings is 2. The zero-order valence-electron chi connectivity index (χ0n) is 18.4. The molecule has 31 heavy (non-hydrogen) atoms. The second-order valence-electron chi connectivity index (χ2n) is 8.49. The van der Waals surface area contributed by atoms with Crippen LogP contribution < -0.4 is 4.90 Å². The van der Waals surface area contributed by atoms with E-state index in [1.807, 2.05) is 49.2 Å². The molecule has 0 aromatic heterocycles. The number of rotatable bonds is 6. The van der Waals surface area contributed by atoms with Crippen LogP contribution >= 0.6 is 0 Å². The quantitative estimate of drug-likeness (QED) is 0.719. The zero-order chi connectivity index (χ0) is 21.8. The smallest absolute Gasteiger partial charge is 0.228 e. The average molecular weight is 422 g/mol. The van der Waals surface area contributed by atoms with E-state index in [1.54, 1.807) is 4.90 Å². The Morgan fingerprint density at radius 2 is 1.77 bits per heavy atom. The third kappa shape index (κ3) is 4.90. The lowest BCUT2D eigenvalue weighted by Gasteiger charge is -2.29. The van der Waals surface area contributed by atoms with Gasteiger partial charge in [0, 0.05) is 45.3 Å². The van der Waals surface area contributed by atoms with Crippen molar-refractivity contribution in [3.63, 3.8) is 0 Å². The number of hydrogen-bond donors (Lipinski definition) is 0. The maximum atomic E-state index is 13.0. The highest BCUT2D eigenvalue weighted by atomic mass is 16.5. The van der Waals surface area contributed by atoms with E-state index in [0.717, 1.165) is 37.4 Å². The molecule has 4 rings (SSSR count). The SMILES string of the molecule is CC(c1ccccc1)N1CC(C(=O)N(C)Cc2ccc(N3CCOCC3)cc2)CC1=O. The van der Waals surface area contributed by atoms with Gasteiger partial charge in [-0.2, -0.15) is 0 Å². The molecule has 2 saturated heterocycles. The van der Waals surface area contributed by atoms with Crippen molar-refractivity contribution in [3.8, 4) is 0 Å². The number of carbonyl (C=O) groups excluding carboxylic acids is 2. The summed E-state index contributed by atoms with van der Waals surface area (Å²) in [6.45, 7) is 6.39. The van der Waals surface area contributed by atoms with Crippen molar-refractivity contribution in [2.45, 2.75) is 25.9 Å². The van der Waals surface area contributed by atoms with Crippen LogP contribution in [0.4, 0.5) is 5.69 Å². The predicted molar refractivity (Wildman–Crippen MR) is 121 cm³/mol. The molecule has 0 aliphatic carbocycles. The average Bonchev–Trinajstić information content (AvgIpc) is 3.21. The number of nitrogens with zero attached hydrogens (tertiary/aromatic N) is 3. The first kappa shape index (κ1) is 21.4. The van der Waals surface area contributed by atoms with Crippen LogP contribution in [-0.4, -0.2) is 61.5 Å². The van der Waals surface area contributed by atoms with Gasteiger partial charge < -0.3 is 19.4 Å². The zero-order valence-corrected chi connectivity index (χ0v) is 18.4. The van der Waals surface area contributed by atoms with Gasteiger partial charge in [0.05, 0.1) is 25.2 Å². The molecule has 0 bridgehead atoms. The Morgan fingerprint density at radius 1 is 1.10 bits per heavy atom. The molecule has 0 saturated carbocycles. The molecule has 2 fully saturated rings. The lowest BCUT2D eigenvalue weighted by Crippen LogP contribution is -2.36. The van der Waals surface area contributed by atoms with Crippen LogP contribution in [0, 0.1) is 5.92 Å². The fourth-order valence-electron chi connectivity index (χ4n) is 4.48. The van der Waals surface area contributed by atoms with E-state index < -0.39 is 0 Å². The molecule has 6 heteroatoms. The number of amides is 2. The monoisotopic (exact) mass is 421 g/mol. The van der Waals surface area contributed by atoms with Crippen molar-refractivity contribution in [3.05, 3.63) is 65.7 Å². The van der Waals surface area contributed by atoms with Crippen molar-refractivity contribution in [1.82, 2.24) is 9.80 Å². The fourth-order valence-corrected chi connectivity index (χ4v) is 4.48. The number of morpholine rings is 1. The van der Waals surface area contributed by atoms with Crippen molar-refractivity contribution in [2.24, 2.45) is 5.92 Å². The molecule has 2 amide bonds. The molecule has 2 heterocycles. The Kier molecular flexibility index (Phi) is 6.56. The summed E-state index contributed by atoms with van der Waals surface area (Å²) in [5, 5.41) is 0. The molecule has 0 spiro atoms. The van der Waals surface area contributed by atoms with Crippen LogP contribution in [0.5, 0.6) is 0 Å². The number of anilines is 1. The first-order valence-electron chi connectivity index (χ1n) is 11.0. The van der Waals surface area contributed by atoms with E-state index >= 15 is 0 Å². The standard InChI is InChI=1S/C25H31N3O3/c1-19(21-6-4-3-5-7-21)28-18-22(16-24(28)29)25(30)26(2)17-20-8-10-23(11-9-20)27-12-14-31-15-13-27/h3-11,19,22H,12-18H2,1-2H3. The van der Waals surface area contributed by atoms with Crippen LogP contribution in [0.15, 0.2) is 54.6 Å². The summed E-state index contributed by atoms with van der Waals surface area (Å²) in [6, 6.07) is 18.3. The third-order valence-electron chi connectivity index (χ3n) is 6.37. The van der Waals surface area contributed by atoms with E-state index in [2.05, 4.69) is 29.2 Å². The van der Waals surface area contributed by atoms with Crippen LogP contribution in [0.25, 0.3) is 0 Å². The Balaban J connectivity index is 1.34. The Hall–Kier alpha value is -2.86. The molecule has 164 valence electrons. The van der Waals surface area contributed by atoms with E-state index in [0.29, 0.717) is 13.1 Å². The van der Waals surface area contributed by atoms with Crippen LogP contribution in [0.3, 0.4) is 0 Å². The molecule has 0 N–H and O–H groups in total. The largest absolute Gasteiger partial charge is 0.378 e. The molecule has 2 unspecified atom stereocenters. The molecule has 6 nitrogen and oxygen atoms in total. The summed E-state index contributed by atoms with van der Waals surface area (Å²) in [5.74, 6) is -0.192. The molecule has 0 radical (unpaired) electrons. The van der Waals surface area contributed by atoms with Crippen molar-refractivity contribution < 1.29 is 14.3 Å². The lowest BCUT2D eigenvalue weighted by atomic mass is 10.1. The summed E-state index contributed by atoms with van der Waals surface area (Å²) in [5.41, 5.74) is 3.37. The third-order valence-corrected chi connectivity index (χ3v) is 6.37. The molecule has 2 aromatic rings. The molecule has 2 atom stereocenters. The Morgan fingerprint density at radius 3 is 2.45 bits per heavy atom. The van der Waals surface area contributed by atoms with E-state index in [-0.39, 0.29) is 30.2 Å². The second-order valence-corrected chi connectivity index (χ2v) is 8.49. The highest BCUT2D eigenvalue weighted by Crippen LogP contribution is 2.29. The number of likely N-dealkylation sites (tertiary alicyclic amines) is 1.